The van der Waals surface area contributed by atoms with Gasteiger partial charge in [0.05, 0.1) is 28.2 Å². The van der Waals surface area contributed by atoms with Gasteiger partial charge in [0.15, 0.2) is 0 Å². The highest BCUT2D eigenvalue weighted by molar-refractivity contribution is 5.93. The van der Waals surface area contributed by atoms with Crippen molar-refractivity contribution < 1.29 is 9.90 Å². The molecule has 0 aliphatic carbocycles. The number of nitrogens with zero attached hydrogens (tertiary/aromatic N) is 3. The molecule has 0 saturated heterocycles. The summed E-state index contributed by atoms with van der Waals surface area (Å²) in [7, 11) is 0. The van der Waals surface area contributed by atoms with E-state index in [1.165, 1.54) is 0 Å². The van der Waals surface area contributed by atoms with Gasteiger partial charge in [-0.15, -0.1) is 0 Å². The highest BCUT2D eigenvalue weighted by Gasteiger charge is 2.12. The van der Waals surface area contributed by atoms with Crippen LogP contribution in [0.1, 0.15) is 21.7 Å². The van der Waals surface area contributed by atoms with Gasteiger partial charge < -0.3 is 5.11 Å². The van der Waals surface area contributed by atoms with Gasteiger partial charge in [0, 0.05) is 5.69 Å². The molecule has 3 rings (SSSR count). The van der Waals surface area contributed by atoms with Gasteiger partial charge in [-0.3, -0.25) is 4.57 Å². The zero-order valence-electron chi connectivity index (χ0n) is 11.2. The Kier molecular flexibility index (Phi) is 2.92. The fourth-order valence-corrected chi connectivity index (χ4v) is 2.34. The summed E-state index contributed by atoms with van der Waals surface area (Å²) in [6.07, 6.45) is 0. The molecule has 1 heterocycles. The Bertz CT molecular complexity index is 886. The molecule has 0 aliphatic heterocycles. The van der Waals surface area contributed by atoms with Crippen molar-refractivity contribution in [1.29, 1.82) is 5.26 Å². The van der Waals surface area contributed by atoms with Crippen LogP contribution in [0.15, 0.2) is 42.5 Å². The van der Waals surface area contributed by atoms with Crippen LogP contribution in [-0.2, 0) is 0 Å². The molecule has 0 spiro atoms. The maximum Gasteiger partial charge on any atom is 0.335 e. The topological polar surface area (TPSA) is 78.9 Å². The molecule has 0 amide bonds. The standard InChI is InChI=1S/C16H11N3O2/c1-10-18-14-7-4-12(16(20)21)8-15(14)19(10)13-5-2-11(9-17)3-6-13/h2-8H,1H3,(H,20,21). The number of aromatic carboxylic acids is 1. The van der Waals surface area contributed by atoms with Crippen molar-refractivity contribution in [3.63, 3.8) is 0 Å². The highest BCUT2D eigenvalue weighted by Crippen LogP contribution is 2.22. The Morgan fingerprint density at radius 2 is 1.95 bits per heavy atom. The van der Waals surface area contributed by atoms with Crippen LogP contribution < -0.4 is 0 Å². The number of benzene rings is 2. The summed E-state index contributed by atoms with van der Waals surface area (Å²) in [5, 5.41) is 18.0. The predicted molar refractivity (Wildman–Crippen MR) is 77.5 cm³/mol. The van der Waals surface area contributed by atoms with E-state index in [1.54, 1.807) is 30.3 Å². The molecule has 0 bridgehead atoms. The van der Waals surface area contributed by atoms with E-state index < -0.39 is 5.97 Å². The van der Waals surface area contributed by atoms with Crippen molar-refractivity contribution in [3.05, 3.63) is 59.4 Å². The summed E-state index contributed by atoms with van der Waals surface area (Å²) in [6, 6.07) is 14.0. The third-order valence-electron chi connectivity index (χ3n) is 3.32. The molecule has 3 aromatic rings. The summed E-state index contributed by atoms with van der Waals surface area (Å²) in [5.74, 6) is -0.209. The van der Waals surface area contributed by atoms with Gasteiger partial charge in [0.25, 0.3) is 0 Å². The number of fused-ring (bicyclic) bond motifs is 1. The molecule has 0 saturated carbocycles. The van der Waals surface area contributed by atoms with Crippen molar-refractivity contribution in [3.8, 4) is 11.8 Å². The number of aromatic nitrogens is 2. The first-order valence-corrected chi connectivity index (χ1v) is 6.33. The molecule has 5 nitrogen and oxygen atoms in total. The first-order valence-electron chi connectivity index (χ1n) is 6.33. The number of carboxylic acid groups (broad SMARTS) is 1. The first kappa shape index (κ1) is 12.9. The zero-order valence-corrected chi connectivity index (χ0v) is 11.2. The predicted octanol–water partition coefficient (Wildman–Crippen LogP) is 2.90. The lowest BCUT2D eigenvalue weighted by Gasteiger charge is -2.07. The fraction of sp³-hybridized carbons (Fsp3) is 0.0625. The SMILES string of the molecule is Cc1nc2ccc(C(=O)O)cc2n1-c1ccc(C#N)cc1. The van der Waals surface area contributed by atoms with Crippen LogP contribution >= 0.6 is 0 Å². The lowest BCUT2D eigenvalue weighted by atomic mass is 10.2. The monoisotopic (exact) mass is 277 g/mol. The van der Waals surface area contributed by atoms with Gasteiger partial charge in [-0.2, -0.15) is 5.26 Å². The van der Waals surface area contributed by atoms with Gasteiger partial charge in [-0.1, -0.05) is 0 Å². The normalized spacial score (nSPS) is 10.5. The minimum Gasteiger partial charge on any atom is -0.478 e. The second-order valence-corrected chi connectivity index (χ2v) is 4.66. The summed E-state index contributed by atoms with van der Waals surface area (Å²) in [5.41, 5.74) is 3.11. The number of rotatable bonds is 2. The number of carboxylic acids is 1. The number of aryl methyl sites for hydroxylation is 1. The summed E-state index contributed by atoms with van der Waals surface area (Å²) >= 11 is 0. The molecule has 0 radical (unpaired) electrons. The van der Waals surface area contributed by atoms with E-state index >= 15 is 0 Å². The molecule has 5 heteroatoms. The Hall–Kier alpha value is -3.13. The summed E-state index contributed by atoms with van der Waals surface area (Å²) in [4.78, 5) is 15.6. The van der Waals surface area contributed by atoms with Crippen LogP contribution in [-0.4, -0.2) is 20.6 Å². The van der Waals surface area contributed by atoms with Crippen LogP contribution in [0.4, 0.5) is 0 Å². The molecule has 1 N–H and O–H groups in total. The number of carbonyl (C=O) groups is 1. The quantitative estimate of drug-likeness (QED) is 0.781. The van der Waals surface area contributed by atoms with Crippen LogP contribution in [0.3, 0.4) is 0 Å². The molecule has 0 unspecified atom stereocenters. The van der Waals surface area contributed by atoms with Crippen molar-refractivity contribution in [1.82, 2.24) is 9.55 Å². The molecule has 0 aliphatic rings. The average molecular weight is 277 g/mol. The third kappa shape index (κ3) is 2.13. The average Bonchev–Trinajstić information content (AvgIpc) is 2.82. The largest absolute Gasteiger partial charge is 0.478 e. The zero-order chi connectivity index (χ0) is 15.0. The van der Waals surface area contributed by atoms with Gasteiger partial charge in [0.2, 0.25) is 0 Å². The van der Waals surface area contributed by atoms with Crippen molar-refractivity contribution in [2.24, 2.45) is 0 Å². The molecule has 0 atom stereocenters. The molecule has 102 valence electrons. The van der Waals surface area contributed by atoms with E-state index in [4.69, 9.17) is 10.4 Å². The maximum atomic E-state index is 11.1. The Morgan fingerprint density at radius 1 is 1.24 bits per heavy atom. The third-order valence-corrected chi connectivity index (χ3v) is 3.32. The van der Waals surface area contributed by atoms with Crippen LogP contribution in [0.2, 0.25) is 0 Å². The van der Waals surface area contributed by atoms with Crippen molar-refractivity contribution >= 4 is 17.0 Å². The van der Waals surface area contributed by atoms with Crippen LogP contribution in [0, 0.1) is 18.3 Å². The van der Waals surface area contributed by atoms with Crippen LogP contribution in [0.5, 0.6) is 0 Å². The fourth-order valence-electron chi connectivity index (χ4n) is 2.34. The minimum atomic E-state index is -0.970. The van der Waals surface area contributed by atoms with E-state index in [1.807, 2.05) is 23.6 Å². The number of hydrogen-bond acceptors (Lipinski definition) is 3. The van der Waals surface area contributed by atoms with Gasteiger partial charge in [0.1, 0.15) is 5.82 Å². The minimum absolute atomic E-state index is 0.220. The lowest BCUT2D eigenvalue weighted by Crippen LogP contribution is -1.99. The molecule has 21 heavy (non-hydrogen) atoms. The Morgan fingerprint density at radius 3 is 2.57 bits per heavy atom. The van der Waals surface area contributed by atoms with Gasteiger partial charge in [-0.05, 0) is 49.4 Å². The second-order valence-electron chi connectivity index (χ2n) is 4.66. The number of hydrogen-bond donors (Lipinski definition) is 1. The summed E-state index contributed by atoms with van der Waals surface area (Å²) < 4.78 is 1.88. The maximum absolute atomic E-state index is 11.1. The molecule has 2 aromatic carbocycles. The van der Waals surface area contributed by atoms with E-state index in [0.717, 1.165) is 22.5 Å². The van der Waals surface area contributed by atoms with Crippen LogP contribution in [0.25, 0.3) is 16.7 Å². The smallest absolute Gasteiger partial charge is 0.335 e. The summed E-state index contributed by atoms with van der Waals surface area (Å²) in [6.45, 7) is 1.86. The van der Waals surface area contributed by atoms with Gasteiger partial charge >= 0.3 is 5.97 Å². The first-order chi connectivity index (χ1) is 10.1. The Balaban J connectivity index is 2.25. The second kappa shape index (κ2) is 4.76. The van der Waals surface area contributed by atoms with Gasteiger partial charge in [-0.25, -0.2) is 9.78 Å². The highest BCUT2D eigenvalue weighted by atomic mass is 16.4. The molecular formula is C16H11N3O2. The van der Waals surface area contributed by atoms with Crippen molar-refractivity contribution in [2.75, 3.05) is 0 Å². The molecule has 0 fully saturated rings. The number of imidazole rings is 1. The lowest BCUT2D eigenvalue weighted by molar-refractivity contribution is 0.0697. The molecular weight excluding hydrogens is 266 g/mol. The van der Waals surface area contributed by atoms with E-state index in [9.17, 15) is 4.79 Å². The number of nitriles is 1. The van der Waals surface area contributed by atoms with E-state index in [0.29, 0.717) is 5.56 Å². The molecule has 1 aromatic heterocycles. The van der Waals surface area contributed by atoms with E-state index in [-0.39, 0.29) is 5.56 Å². The Labute approximate surface area is 120 Å². The van der Waals surface area contributed by atoms with Crippen molar-refractivity contribution in [2.45, 2.75) is 6.92 Å². The van der Waals surface area contributed by atoms with E-state index in [2.05, 4.69) is 11.1 Å².